The van der Waals surface area contributed by atoms with Gasteiger partial charge in [-0.3, -0.25) is 4.79 Å². The van der Waals surface area contributed by atoms with E-state index in [1.165, 1.54) is 11.3 Å². The van der Waals surface area contributed by atoms with Gasteiger partial charge in [-0.1, -0.05) is 5.16 Å². The molecule has 0 aliphatic rings. The van der Waals surface area contributed by atoms with Gasteiger partial charge in [-0.05, 0) is 43.3 Å². The first kappa shape index (κ1) is 14.9. The summed E-state index contributed by atoms with van der Waals surface area (Å²) in [5.74, 6) is 0.408. The Morgan fingerprint density at radius 3 is 2.62 bits per heavy atom. The van der Waals surface area contributed by atoms with E-state index in [4.69, 9.17) is 15.7 Å². The second kappa shape index (κ2) is 6.76. The topological polar surface area (TPSA) is 96.9 Å². The number of nitrogens with one attached hydrogen (secondary N) is 1. The summed E-state index contributed by atoms with van der Waals surface area (Å²) in [7, 11) is 0. The maximum absolute atomic E-state index is 12.0. The predicted molar refractivity (Wildman–Crippen MR) is 82.4 cm³/mol. The van der Waals surface area contributed by atoms with Gasteiger partial charge >= 0.3 is 0 Å². The second-order valence-electron chi connectivity index (χ2n) is 4.27. The number of hydrogen-bond donors (Lipinski definition) is 3. The number of aryl methyl sites for hydroxylation is 1. The number of oxime groups is 1. The van der Waals surface area contributed by atoms with Crippen molar-refractivity contribution < 1.29 is 14.7 Å². The third-order valence-electron chi connectivity index (χ3n) is 2.59. The van der Waals surface area contributed by atoms with Crippen LogP contribution in [-0.2, 0) is 0 Å². The van der Waals surface area contributed by atoms with Crippen LogP contribution in [0.3, 0.4) is 0 Å². The lowest BCUT2D eigenvalue weighted by molar-refractivity contribution is 0.103. The number of amides is 1. The van der Waals surface area contributed by atoms with Gasteiger partial charge in [0.2, 0.25) is 0 Å². The molecule has 21 heavy (non-hydrogen) atoms. The normalized spacial score (nSPS) is 11.2. The number of thiophene rings is 1. The Bertz CT molecular complexity index is 650. The van der Waals surface area contributed by atoms with Crippen LogP contribution >= 0.6 is 11.3 Å². The van der Waals surface area contributed by atoms with Crippen molar-refractivity contribution in [1.82, 2.24) is 0 Å². The Hall–Kier alpha value is -2.54. The Kier molecular flexibility index (Phi) is 4.78. The summed E-state index contributed by atoms with van der Waals surface area (Å²) in [4.78, 5) is 13.7. The lowest BCUT2D eigenvalue weighted by Gasteiger charge is -2.07. The molecule has 0 spiro atoms. The van der Waals surface area contributed by atoms with E-state index >= 15 is 0 Å². The van der Waals surface area contributed by atoms with Gasteiger partial charge in [-0.25, -0.2) is 0 Å². The minimum absolute atomic E-state index is 0.00330. The first-order valence-corrected chi connectivity index (χ1v) is 6.97. The van der Waals surface area contributed by atoms with Gasteiger partial charge in [-0.15, -0.1) is 11.3 Å². The fraction of sp³-hybridized carbons (Fsp3) is 0.143. The van der Waals surface area contributed by atoms with Gasteiger partial charge < -0.3 is 21.0 Å². The van der Waals surface area contributed by atoms with Gasteiger partial charge in [0.1, 0.15) is 12.4 Å². The Balaban J connectivity index is 1.94. The number of amidine groups is 1. The lowest BCUT2D eigenvalue weighted by Crippen LogP contribution is -2.20. The minimum Gasteiger partial charge on any atom is -0.486 e. The average Bonchev–Trinajstić information content (AvgIpc) is 2.93. The maximum atomic E-state index is 12.0. The highest BCUT2D eigenvalue weighted by Gasteiger charge is 2.08. The molecule has 4 N–H and O–H groups in total. The molecule has 0 saturated heterocycles. The summed E-state index contributed by atoms with van der Waals surface area (Å²) >= 11 is 1.44. The van der Waals surface area contributed by atoms with Gasteiger partial charge in [-0.2, -0.15) is 0 Å². The molecule has 1 aromatic carbocycles. The summed E-state index contributed by atoms with van der Waals surface area (Å²) in [5, 5.41) is 14.0. The number of benzene rings is 1. The molecular weight excluding hydrogens is 290 g/mol. The third-order valence-corrected chi connectivity index (χ3v) is 3.59. The van der Waals surface area contributed by atoms with Crippen molar-refractivity contribution in [3.63, 3.8) is 0 Å². The molecular formula is C14H15N3O3S. The van der Waals surface area contributed by atoms with E-state index in [1.807, 2.05) is 13.0 Å². The molecule has 1 amide bonds. The zero-order valence-corrected chi connectivity index (χ0v) is 12.2. The highest BCUT2D eigenvalue weighted by Crippen LogP contribution is 2.19. The number of carbonyl (C=O) groups is 1. The van der Waals surface area contributed by atoms with E-state index in [0.717, 1.165) is 4.88 Å². The monoisotopic (exact) mass is 305 g/mol. The quantitative estimate of drug-likeness (QED) is 0.342. The van der Waals surface area contributed by atoms with E-state index in [-0.39, 0.29) is 18.3 Å². The summed E-state index contributed by atoms with van der Waals surface area (Å²) in [5.41, 5.74) is 5.97. The number of rotatable bonds is 5. The number of ether oxygens (including phenoxy) is 1. The summed E-state index contributed by atoms with van der Waals surface area (Å²) in [6.07, 6.45) is 0. The first-order chi connectivity index (χ1) is 10.1. The average molecular weight is 305 g/mol. The first-order valence-electron chi connectivity index (χ1n) is 6.15. The van der Waals surface area contributed by atoms with Crippen LogP contribution in [0.2, 0.25) is 0 Å². The minimum atomic E-state index is -0.140. The third kappa shape index (κ3) is 4.22. The van der Waals surface area contributed by atoms with E-state index in [2.05, 4.69) is 10.5 Å². The highest BCUT2D eigenvalue weighted by molar-refractivity contribution is 7.14. The van der Waals surface area contributed by atoms with Crippen LogP contribution in [0, 0.1) is 6.92 Å². The van der Waals surface area contributed by atoms with Crippen molar-refractivity contribution >= 4 is 28.8 Å². The molecule has 110 valence electrons. The number of anilines is 1. The van der Waals surface area contributed by atoms with Crippen LogP contribution < -0.4 is 15.8 Å². The number of nitrogens with two attached hydrogens (primary N) is 1. The Morgan fingerprint density at radius 1 is 1.33 bits per heavy atom. The van der Waals surface area contributed by atoms with Gasteiger partial charge in [0.15, 0.2) is 5.84 Å². The molecule has 6 nitrogen and oxygen atoms in total. The highest BCUT2D eigenvalue weighted by atomic mass is 32.1. The fourth-order valence-electron chi connectivity index (χ4n) is 1.57. The number of nitrogens with zero attached hydrogens (tertiary/aromatic N) is 1. The molecule has 0 fully saturated rings. The van der Waals surface area contributed by atoms with E-state index < -0.39 is 0 Å². The van der Waals surface area contributed by atoms with Crippen molar-refractivity contribution in [3.05, 3.63) is 46.2 Å². The van der Waals surface area contributed by atoms with Gasteiger partial charge in [0, 0.05) is 10.6 Å². The Morgan fingerprint density at radius 2 is 2.05 bits per heavy atom. The zero-order valence-electron chi connectivity index (χ0n) is 11.4. The maximum Gasteiger partial charge on any atom is 0.265 e. The van der Waals surface area contributed by atoms with Crippen molar-refractivity contribution in [2.45, 2.75) is 6.92 Å². The van der Waals surface area contributed by atoms with Gasteiger partial charge in [0.25, 0.3) is 5.91 Å². The van der Waals surface area contributed by atoms with Crippen molar-refractivity contribution in [1.29, 1.82) is 0 Å². The summed E-state index contributed by atoms with van der Waals surface area (Å²) in [6.45, 7) is 1.95. The molecule has 7 heteroatoms. The summed E-state index contributed by atoms with van der Waals surface area (Å²) < 4.78 is 5.28. The molecule has 2 rings (SSSR count). The number of hydrogen-bond acceptors (Lipinski definition) is 5. The standard InChI is InChI=1S/C14H15N3O3S/c1-9-2-7-12(21-9)14(18)16-10-3-5-11(6-4-10)20-8-13(15)17-19/h2-7,19H,8H2,1H3,(H2,15,17)(H,16,18). The zero-order chi connectivity index (χ0) is 15.2. The van der Waals surface area contributed by atoms with E-state index in [9.17, 15) is 4.79 Å². The molecule has 0 unspecified atom stereocenters. The van der Waals surface area contributed by atoms with E-state index in [0.29, 0.717) is 16.3 Å². The predicted octanol–water partition coefficient (Wildman–Crippen LogP) is 2.43. The van der Waals surface area contributed by atoms with Crippen molar-refractivity contribution in [2.24, 2.45) is 10.9 Å². The van der Waals surface area contributed by atoms with Crippen LogP contribution in [0.25, 0.3) is 0 Å². The van der Waals surface area contributed by atoms with Crippen molar-refractivity contribution in [3.8, 4) is 5.75 Å². The van der Waals surface area contributed by atoms with Crippen LogP contribution in [0.5, 0.6) is 5.75 Å². The second-order valence-corrected chi connectivity index (χ2v) is 5.56. The lowest BCUT2D eigenvalue weighted by atomic mass is 10.3. The number of carbonyl (C=O) groups excluding carboxylic acids is 1. The van der Waals surface area contributed by atoms with Crippen LogP contribution in [0.4, 0.5) is 5.69 Å². The molecule has 2 aromatic rings. The molecule has 0 atom stereocenters. The molecule has 0 aliphatic heterocycles. The van der Waals surface area contributed by atoms with Gasteiger partial charge in [0.05, 0.1) is 4.88 Å². The largest absolute Gasteiger partial charge is 0.486 e. The SMILES string of the molecule is Cc1ccc(C(=O)Nc2ccc(OC/C(N)=N/O)cc2)s1. The van der Waals surface area contributed by atoms with E-state index in [1.54, 1.807) is 30.3 Å². The van der Waals surface area contributed by atoms with Crippen LogP contribution in [-0.4, -0.2) is 23.6 Å². The molecule has 0 saturated carbocycles. The fourth-order valence-corrected chi connectivity index (χ4v) is 2.33. The Labute approximate surface area is 125 Å². The molecule has 0 radical (unpaired) electrons. The molecule has 1 heterocycles. The smallest absolute Gasteiger partial charge is 0.265 e. The molecule has 0 bridgehead atoms. The van der Waals surface area contributed by atoms with Crippen molar-refractivity contribution in [2.75, 3.05) is 11.9 Å². The summed E-state index contributed by atoms with van der Waals surface area (Å²) in [6, 6.07) is 10.5. The molecule has 1 aromatic heterocycles. The van der Waals surface area contributed by atoms with Crippen LogP contribution in [0.1, 0.15) is 14.5 Å². The molecule has 0 aliphatic carbocycles. The van der Waals surface area contributed by atoms with Crippen LogP contribution in [0.15, 0.2) is 41.6 Å².